The Balaban J connectivity index is 1.06. The van der Waals surface area contributed by atoms with Gasteiger partial charge in [-0.25, -0.2) is 4.79 Å². The highest BCUT2D eigenvalue weighted by atomic mass is 35.5. The summed E-state index contributed by atoms with van der Waals surface area (Å²) in [6.07, 6.45) is 5.14. The molecule has 1 fully saturated rings. The lowest BCUT2D eigenvalue weighted by Crippen LogP contribution is -2.33. The lowest BCUT2D eigenvalue weighted by molar-refractivity contribution is -0.150. The van der Waals surface area contributed by atoms with Crippen LogP contribution in [-0.2, 0) is 43.3 Å². The quantitative estimate of drug-likeness (QED) is 0.0416. The number of halogens is 1. The van der Waals surface area contributed by atoms with E-state index in [1.165, 1.54) is 33.5 Å². The van der Waals surface area contributed by atoms with Crippen LogP contribution < -0.4 is 31.7 Å². The van der Waals surface area contributed by atoms with Crippen molar-refractivity contribution in [3.63, 3.8) is 0 Å². The summed E-state index contributed by atoms with van der Waals surface area (Å²) >= 11 is 6.07. The predicted octanol–water partition coefficient (Wildman–Crippen LogP) is 3.68. The molecule has 19 heteroatoms. The zero-order valence-corrected chi connectivity index (χ0v) is 32.2. The van der Waals surface area contributed by atoms with E-state index < -0.39 is 29.3 Å². The summed E-state index contributed by atoms with van der Waals surface area (Å²) in [6.45, 7) is 3.91. The number of rotatable bonds is 14. The lowest BCUT2D eigenvalue weighted by atomic mass is 9.90. The second-order valence-electron chi connectivity index (χ2n) is 13.5. The molecule has 1 aromatic carbocycles. The van der Waals surface area contributed by atoms with Gasteiger partial charge in [0, 0.05) is 82.8 Å². The number of carbonyl (C=O) groups excluding carboxylic acids is 5. The van der Waals surface area contributed by atoms with Crippen LogP contribution in [0.2, 0.25) is 5.02 Å². The third-order valence-electron chi connectivity index (χ3n) is 9.16. The number of benzene rings is 1. The molecule has 4 amide bonds. The van der Waals surface area contributed by atoms with Crippen molar-refractivity contribution < 1.29 is 33.4 Å². The Morgan fingerprint density at radius 3 is 1.81 bits per heavy atom. The molecule has 1 aliphatic rings. The highest BCUT2D eigenvalue weighted by molar-refractivity contribution is 6.30. The fourth-order valence-corrected chi connectivity index (χ4v) is 6.38. The zero-order chi connectivity index (χ0) is 41.2. The summed E-state index contributed by atoms with van der Waals surface area (Å²) in [5.41, 5.74) is 7.11. The van der Waals surface area contributed by atoms with E-state index in [9.17, 15) is 24.0 Å². The fourth-order valence-electron chi connectivity index (χ4n) is 6.26. The van der Waals surface area contributed by atoms with Gasteiger partial charge < -0.3 is 50.2 Å². The largest absolute Gasteiger partial charge is 0.472 e. The van der Waals surface area contributed by atoms with Crippen molar-refractivity contribution in [3.05, 3.63) is 113 Å². The van der Waals surface area contributed by atoms with Gasteiger partial charge in [0.25, 0.3) is 23.6 Å². The fraction of sp³-hybridized carbons (Fsp3) is 0.237. The van der Waals surface area contributed by atoms with Gasteiger partial charge in [0.15, 0.2) is 5.60 Å². The maximum absolute atomic E-state index is 13.3. The third kappa shape index (κ3) is 8.75. The smallest absolute Gasteiger partial charge is 0.334 e. The average molecular weight is 798 g/mol. The van der Waals surface area contributed by atoms with Crippen LogP contribution in [0.4, 0.5) is 17.1 Å². The molecule has 4 aromatic heterocycles. The second-order valence-corrected chi connectivity index (χ2v) is 14.0. The Hall–Kier alpha value is -7.08. The van der Waals surface area contributed by atoms with Crippen LogP contribution in [0.15, 0.2) is 79.3 Å². The molecule has 6 rings (SSSR count). The first-order valence-electron chi connectivity index (χ1n) is 17.4. The molecule has 0 radical (unpaired) electrons. The molecule has 1 unspecified atom stereocenters. The van der Waals surface area contributed by atoms with Crippen LogP contribution in [0.3, 0.4) is 0 Å². The Bertz CT molecular complexity index is 2420. The van der Waals surface area contributed by atoms with Crippen LogP contribution in [0.5, 0.6) is 5.88 Å². The topological polar surface area (TPSA) is 234 Å². The van der Waals surface area contributed by atoms with Gasteiger partial charge in [-0.1, -0.05) is 30.3 Å². The zero-order valence-electron chi connectivity index (χ0n) is 31.4. The van der Waals surface area contributed by atoms with Gasteiger partial charge in [-0.05, 0) is 35.9 Å². The Morgan fingerprint density at radius 1 is 0.842 bits per heavy atom. The molecule has 1 saturated heterocycles. The molecule has 5 aromatic rings. The number of nitrogens with two attached hydrogens (primary N) is 1. The molecule has 0 saturated carbocycles. The first kappa shape index (κ1) is 39.6. The maximum atomic E-state index is 13.3. The molecular formula is C38H40ClN11O7. The Morgan fingerprint density at radius 2 is 1.33 bits per heavy atom. The van der Waals surface area contributed by atoms with Gasteiger partial charge in [0.1, 0.15) is 29.4 Å². The van der Waals surface area contributed by atoms with Crippen LogP contribution >= 0.6 is 11.6 Å². The van der Waals surface area contributed by atoms with Gasteiger partial charge >= 0.3 is 5.97 Å². The Kier molecular flexibility index (Phi) is 11.1. The summed E-state index contributed by atoms with van der Waals surface area (Å²) in [6, 6.07) is 12.8. The number of carbonyl (C=O) groups is 5. The van der Waals surface area contributed by atoms with Crippen molar-refractivity contribution in [3.8, 4) is 5.88 Å². The highest BCUT2D eigenvalue weighted by Gasteiger charge is 2.45. The van der Waals surface area contributed by atoms with Crippen LogP contribution in [0, 0.1) is 5.41 Å². The molecule has 1 aliphatic heterocycles. The van der Waals surface area contributed by atoms with Gasteiger partial charge in [-0.15, -0.1) is 5.10 Å². The minimum absolute atomic E-state index is 0.0421. The van der Waals surface area contributed by atoms with E-state index in [1.807, 2.05) is 0 Å². The van der Waals surface area contributed by atoms with E-state index in [2.05, 4.69) is 32.9 Å². The number of nitrogens with zero attached hydrogens (tertiary/aromatic N) is 5. The highest BCUT2D eigenvalue weighted by Crippen LogP contribution is 2.40. The van der Waals surface area contributed by atoms with Crippen molar-refractivity contribution in [1.82, 2.24) is 28.8 Å². The number of hydrogen-bond donors (Lipinski definition) is 6. The number of nitrogens with one attached hydrogen (secondary N) is 5. The van der Waals surface area contributed by atoms with Crippen LogP contribution in [-0.4, -0.2) is 72.1 Å². The third-order valence-corrected chi connectivity index (χ3v) is 9.41. The lowest BCUT2D eigenvalue weighted by Gasteiger charge is -2.27. The van der Waals surface area contributed by atoms with Gasteiger partial charge in [0.05, 0.1) is 22.9 Å². The molecule has 57 heavy (non-hydrogen) atoms. The summed E-state index contributed by atoms with van der Waals surface area (Å²) in [4.78, 5) is 64.7. The van der Waals surface area contributed by atoms with E-state index in [-0.39, 0.29) is 60.7 Å². The van der Waals surface area contributed by atoms with Gasteiger partial charge in [-0.2, -0.15) is 0 Å². The molecule has 0 aliphatic carbocycles. The first-order valence-corrected chi connectivity index (χ1v) is 17.8. The summed E-state index contributed by atoms with van der Waals surface area (Å²) in [5.74, 6) is -2.35. The van der Waals surface area contributed by atoms with Crippen molar-refractivity contribution in [1.29, 1.82) is 5.41 Å². The maximum Gasteiger partial charge on any atom is 0.334 e. The molecule has 1 atom stereocenters. The van der Waals surface area contributed by atoms with Gasteiger partial charge in [0.2, 0.25) is 5.88 Å². The molecule has 296 valence electrons. The first-order chi connectivity index (χ1) is 27.0. The van der Waals surface area contributed by atoms with E-state index in [0.717, 1.165) is 0 Å². The number of amidine groups is 1. The Labute approximate surface area is 331 Å². The normalized spacial score (nSPS) is 14.9. The SMILES string of the molecule is C=C1CC(COc2cc(C(=O)Nc3cc(C(=O)Nc4cc(C(=O)Nc5cc(C(=O)NCCC(=N)N)n(C)c5)n(C)c4)n(C)c3)n(C)n2)(c2ccc(Cl)cc2)OC1=O. The summed E-state index contributed by atoms with van der Waals surface area (Å²) in [5, 5.41) is 23.1. The summed E-state index contributed by atoms with van der Waals surface area (Å²) in [7, 11) is 6.52. The molecule has 5 heterocycles. The number of ether oxygens (including phenoxy) is 2. The molecule has 18 nitrogen and oxygen atoms in total. The number of hydrogen-bond acceptors (Lipinski definition) is 9. The number of anilines is 3. The molecule has 7 N–H and O–H groups in total. The average Bonchev–Trinajstić information content (AvgIpc) is 3.95. The molecule has 0 bridgehead atoms. The summed E-state index contributed by atoms with van der Waals surface area (Å²) < 4.78 is 17.7. The van der Waals surface area contributed by atoms with Crippen LogP contribution in [0.25, 0.3) is 0 Å². The van der Waals surface area contributed by atoms with Crippen molar-refractivity contribution in [2.24, 2.45) is 33.9 Å². The van der Waals surface area contributed by atoms with Crippen LogP contribution in [0.1, 0.15) is 60.4 Å². The predicted molar refractivity (Wildman–Crippen MR) is 211 cm³/mol. The number of cyclic esters (lactones) is 1. The second kappa shape index (κ2) is 16.0. The standard InChI is InChI=1S/C38H40ClN11O7/c1-21-16-38(57-37(21)55,22-6-8-23(39)9-7-22)20-56-32-15-30(50(5)46-32)36(54)45-26-14-29(49(4)19-26)35(53)44-25-13-28(48(3)18-25)34(52)43-24-12-27(47(2)17-24)33(51)42-11-10-31(40)41/h6-9,12-15,17-19H,1,10-11,16,20H2,2-5H3,(H3,40,41)(H,42,51)(H,43,52)(H,44,53)(H,45,54). The number of aryl methyl sites for hydroxylation is 4. The minimum atomic E-state index is -1.15. The van der Waals surface area contributed by atoms with Crippen molar-refractivity contribution in [2.75, 3.05) is 29.1 Å². The number of amides is 4. The number of aromatic nitrogens is 5. The van der Waals surface area contributed by atoms with Gasteiger partial charge in [-0.3, -0.25) is 29.3 Å². The molecule has 0 spiro atoms. The van der Waals surface area contributed by atoms with Crippen molar-refractivity contribution >= 4 is 64.1 Å². The minimum Gasteiger partial charge on any atom is -0.472 e. The monoisotopic (exact) mass is 797 g/mol. The van der Waals surface area contributed by atoms with E-state index in [1.54, 1.807) is 80.2 Å². The molecular weight excluding hydrogens is 758 g/mol. The van der Waals surface area contributed by atoms with Crippen molar-refractivity contribution in [2.45, 2.75) is 18.4 Å². The van der Waals surface area contributed by atoms with E-state index in [4.69, 9.17) is 32.2 Å². The van der Waals surface area contributed by atoms with E-state index in [0.29, 0.717) is 38.9 Å². The number of esters is 1. The van der Waals surface area contributed by atoms with E-state index >= 15 is 0 Å².